The van der Waals surface area contributed by atoms with Gasteiger partial charge >= 0.3 is 0 Å². The van der Waals surface area contributed by atoms with Gasteiger partial charge in [0.15, 0.2) is 0 Å². The Morgan fingerprint density at radius 3 is 2.48 bits per heavy atom. The van der Waals surface area contributed by atoms with E-state index >= 15 is 0 Å². The Hall–Kier alpha value is -2.81. The molecule has 102 valence electrons. The number of hydrogen-bond donors (Lipinski definition) is 0. The molecule has 0 fully saturated rings. The normalized spacial score (nSPS) is 11.3. The summed E-state index contributed by atoms with van der Waals surface area (Å²) in [5.74, 6) is 0.808. The molecule has 0 aliphatic rings. The fourth-order valence-electron chi connectivity index (χ4n) is 2.85. The first-order valence-electron chi connectivity index (χ1n) is 6.79. The molecule has 3 nitrogen and oxygen atoms in total. The molecule has 3 heteroatoms. The smallest absolute Gasteiger partial charge is 0.203 e. The zero-order chi connectivity index (χ0) is 14.4. The third kappa shape index (κ3) is 1.71. The van der Waals surface area contributed by atoms with Crippen molar-refractivity contribution in [3.8, 4) is 16.9 Å². The number of ether oxygens (including phenoxy) is 1. The minimum atomic E-state index is 0.0371. The van der Waals surface area contributed by atoms with Crippen LogP contribution in [-0.4, -0.2) is 11.5 Å². The van der Waals surface area contributed by atoms with Gasteiger partial charge in [0.1, 0.15) is 5.75 Å². The highest BCUT2D eigenvalue weighted by atomic mass is 16.5. The van der Waals surface area contributed by atoms with Crippen LogP contribution in [0.15, 0.2) is 65.5 Å². The van der Waals surface area contributed by atoms with Crippen molar-refractivity contribution in [2.75, 3.05) is 7.11 Å². The summed E-state index contributed by atoms with van der Waals surface area (Å²) in [6.45, 7) is 0. The molecule has 4 aromatic rings. The van der Waals surface area contributed by atoms with Gasteiger partial charge < -0.3 is 9.14 Å². The van der Waals surface area contributed by atoms with E-state index < -0.39 is 0 Å². The summed E-state index contributed by atoms with van der Waals surface area (Å²) in [7, 11) is 1.64. The van der Waals surface area contributed by atoms with Gasteiger partial charge in [-0.2, -0.15) is 0 Å². The van der Waals surface area contributed by atoms with Crippen LogP contribution < -0.4 is 10.2 Å². The van der Waals surface area contributed by atoms with Crippen molar-refractivity contribution in [1.29, 1.82) is 0 Å². The monoisotopic (exact) mass is 275 g/mol. The minimum absolute atomic E-state index is 0.0371. The molecule has 0 amide bonds. The lowest BCUT2D eigenvalue weighted by Gasteiger charge is -2.08. The van der Waals surface area contributed by atoms with E-state index in [1.807, 2.05) is 52.9 Å². The zero-order valence-electron chi connectivity index (χ0n) is 11.5. The van der Waals surface area contributed by atoms with E-state index in [9.17, 15) is 4.79 Å². The predicted molar refractivity (Wildman–Crippen MR) is 84.3 cm³/mol. The van der Waals surface area contributed by atoms with Crippen LogP contribution in [0.1, 0.15) is 0 Å². The molecule has 0 saturated heterocycles. The lowest BCUT2D eigenvalue weighted by Crippen LogP contribution is -2.06. The number of pyridine rings is 2. The van der Waals surface area contributed by atoms with Gasteiger partial charge in [-0.05, 0) is 48.0 Å². The second-order valence-electron chi connectivity index (χ2n) is 5.04. The Balaban J connectivity index is 2.06. The Labute approximate surface area is 121 Å². The van der Waals surface area contributed by atoms with Gasteiger partial charge in [-0.25, -0.2) is 0 Å². The average molecular weight is 275 g/mol. The van der Waals surface area contributed by atoms with E-state index in [0.29, 0.717) is 5.52 Å². The predicted octanol–water partition coefficient (Wildman–Crippen LogP) is 3.57. The minimum Gasteiger partial charge on any atom is -0.497 e. The molecule has 3 heterocycles. The van der Waals surface area contributed by atoms with Crippen LogP contribution in [0.2, 0.25) is 0 Å². The maximum absolute atomic E-state index is 12.4. The summed E-state index contributed by atoms with van der Waals surface area (Å²) < 4.78 is 7.20. The first kappa shape index (κ1) is 12.0. The quantitative estimate of drug-likeness (QED) is 0.560. The first-order chi connectivity index (χ1) is 10.3. The van der Waals surface area contributed by atoms with Crippen LogP contribution in [0.25, 0.3) is 27.7 Å². The van der Waals surface area contributed by atoms with Crippen molar-refractivity contribution < 1.29 is 4.74 Å². The molecule has 0 aliphatic carbocycles. The molecule has 21 heavy (non-hydrogen) atoms. The van der Waals surface area contributed by atoms with Crippen molar-refractivity contribution >= 4 is 16.6 Å². The van der Waals surface area contributed by atoms with Gasteiger partial charge in [-0.1, -0.05) is 18.2 Å². The molecule has 0 radical (unpaired) electrons. The highest BCUT2D eigenvalue weighted by molar-refractivity contribution is 5.87. The van der Waals surface area contributed by atoms with Gasteiger partial charge in [0.2, 0.25) is 5.43 Å². The van der Waals surface area contributed by atoms with E-state index in [0.717, 1.165) is 27.9 Å². The van der Waals surface area contributed by atoms with E-state index in [-0.39, 0.29) is 5.43 Å². The SMILES string of the molecule is COc1ccc(-c2cc(=O)c3cccc4ccc2n43)cc1. The second kappa shape index (κ2) is 4.35. The fraction of sp³-hybridized carbons (Fsp3) is 0.0556. The number of rotatable bonds is 2. The van der Waals surface area contributed by atoms with Gasteiger partial charge in [0.05, 0.1) is 18.1 Å². The molecule has 3 aromatic heterocycles. The molecule has 0 aliphatic heterocycles. The third-order valence-electron chi connectivity index (χ3n) is 3.88. The fourth-order valence-corrected chi connectivity index (χ4v) is 2.85. The van der Waals surface area contributed by atoms with Gasteiger partial charge in [0, 0.05) is 11.1 Å². The van der Waals surface area contributed by atoms with Crippen molar-refractivity contribution in [1.82, 2.24) is 4.40 Å². The lowest BCUT2D eigenvalue weighted by atomic mass is 10.0. The van der Waals surface area contributed by atoms with Crippen molar-refractivity contribution in [2.24, 2.45) is 0 Å². The maximum Gasteiger partial charge on any atom is 0.203 e. The Morgan fingerprint density at radius 1 is 0.905 bits per heavy atom. The number of benzene rings is 1. The molecule has 4 rings (SSSR count). The Bertz CT molecular complexity index is 984. The molecule has 0 unspecified atom stereocenters. The molecular formula is C18H13NO2. The number of aromatic nitrogens is 1. The zero-order valence-corrected chi connectivity index (χ0v) is 11.5. The average Bonchev–Trinajstić information content (AvgIpc) is 2.96. The van der Waals surface area contributed by atoms with E-state index in [1.54, 1.807) is 13.2 Å². The van der Waals surface area contributed by atoms with Crippen LogP contribution >= 0.6 is 0 Å². The van der Waals surface area contributed by atoms with Gasteiger partial charge in [0.25, 0.3) is 0 Å². The van der Waals surface area contributed by atoms with Crippen molar-refractivity contribution in [2.45, 2.75) is 0 Å². The molecule has 0 saturated carbocycles. The van der Waals surface area contributed by atoms with Crippen molar-refractivity contribution in [3.05, 3.63) is 70.9 Å². The topological polar surface area (TPSA) is 30.7 Å². The summed E-state index contributed by atoms with van der Waals surface area (Å²) in [4.78, 5) is 12.4. The van der Waals surface area contributed by atoms with Gasteiger partial charge in [-0.15, -0.1) is 0 Å². The molecular weight excluding hydrogens is 262 g/mol. The highest BCUT2D eigenvalue weighted by Crippen LogP contribution is 2.28. The maximum atomic E-state index is 12.4. The first-order valence-corrected chi connectivity index (χ1v) is 6.79. The Kier molecular flexibility index (Phi) is 2.48. The summed E-state index contributed by atoms with van der Waals surface area (Å²) >= 11 is 0. The van der Waals surface area contributed by atoms with Crippen LogP contribution in [0, 0.1) is 0 Å². The van der Waals surface area contributed by atoms with Crippen LogP contribution in [0.5, 0.6) is 5.75 Å². The lowest BCUT2D eigenvalue weighted by molar-refractivity contribution is 0.415. The number of nitrogens with zero attached hydrogens (tertiary/aromatic N) is 1. The summed E-state index contributed by atoms with van der Waals surface area (Å²) in [6, 6.07) is 19.4. The molecule has 0 bridgehead atoms. The summed E-state index contributed by atoms with van der Waals surface area (Å²) in [5.41, 5.74) is 4.79. The molecule has 0 N–H and O–H groups in total. The highest BCUT2D eigenvalue weighted by Gasteiger charge is 2.11. The van der Waals surface area contributed by atoms with E-state index in [1.165, 1.54) is 0 Å². The number of hydrogen-bond acceptors (Lipinski definition) is 2. The molecule has 0 atom stereocenters. The third-order valence-corrected chi connectivity index (χ3v) is 3.88. The Morgan fingerprint density at radius 2 is 1.71 bits per heavy atom. The van der Waals surface area contributed by atoms with Gasteiger partial charge in [-0.3, -0.25) is 4.79 Å². The standard InChI is InChI=1S/C18H13NO2/c1-21-14-8-5-12(6-9-14)15-11-18(20)17-4-2-3-13-7-10-16(15)19(13)17/h2-11H,1H3. The van der Waals surface area contributed by atoms with E-state index in [2.05, 4.69) is 6.07 Å². The largest absolute Gasteiger partial charge is 0.497 e. The summed E-state index contributed by atoms with van der Waals surface area (Å²) in [6.07, 6.45) is 0. The molecule has 0 spiro atoms. The van der Waals surface area contributed by atoms with Crippen LogP contribution in [0.3, 0.4) is 0 Å². The molecule has 1 aromatic carbocycles. The summed E-state index contributed by atoms with van der Waals surface area (Å²) in [5, 5.41) is 0. The van der Waals surface area contributed by atoms with E-state index in [4.69, 9.17) is 4.74 Å². The van der Waals surface area contributed by atoms with Crippen molar-refractivity contribution in [3.63, 3.8) is 0 Å². The van der Waals surface area contributed by atoms with Crippen LogP contribution in [0.4, 0.5) is 0 Å². The van der Waals surface area contributed by atoms with Crippen LogP contribution in [-0.2, 0) is 0 Å². The second-order valence-corrected chi connectivity index (χ2v) is 5.04. The number of methoxy groups -OCH3 is 1.